The summed E-state index contributed by atoms with van der Waals surface area (Å²) in [6.07, 6.45) is 4.06. The lowest BCUT2D eigenvalue weighted by Gasteiger charge is -2.29. The summed E-state index contributed by atoms with van der Waals surface area (Å²) < 4.78 is 0. The van der Waals surface area contributed by atoms with Crippen LogP contribution < -0.4 is 5.32 Å². The van der Waals surface area contributed by atoms with Crippen LogP contribution in [-0.2, 0) is 11.2 Å². The Bertz CT molecular complexity index is 339. The molecule has 1 rings (SSSR count). The molecule has 0 saturated heterocycles. The van der Waals surface area contributed by atoms with E-state index in [0.29, 0.717) is 25.2 Å². The molecule has 0 saturated carbocycles. The number of carbonyl (C=O) groups excluding carboxylic acids is 1. The lowest BCUT2D eigenvalue weighted by Crippen LogP contribution is -2.39. The Kier molecular flexibility index (Phi) is 5.77. The fourth-order valence-electron chi connectivity index (χ4n) is 1.74. The summed E-state index contributed by atoms with van der Waals surface area (Å²) in [5, 5.41) is 18.7. The van der Waals surface area contributed by atoms with Gasteiger partial charge in [-0.15, -0.1) is 0 Å². The van der Waals surface area contributed by atoms with E-state index >= 15 is 0 Å². The minimum Gasteiger partial charge on any atom is -0.396 e. The van der Waals surface area contributed by atoms with Gasteiger partial charge in [-0.05, 0) is 12.8 Å². The number of amides is 1. The molecular formula is C12H22N4O2. The van der Waals surface area contributed by atoms with Crippen LogP contribution >= 0.6 is 0 Å². The minimum absolute atomic E-state index is 0.0221. The lowest BCUT2D eigenvalue weighted by atomic mass is 9.83. The number of aromatic nitrogens is 3. The molecular weight excluding hydrogens is 232 g/mol. The summed E-state index contributed by atoms with van der Waals surface area (Å²) >= 11 is 0. The average Bonchev–Trinajstić information content (AvgIpc) is 2.92. The Morgan fingerprint density at radius 3 is 2.72 bits per heavy atom. The molecule has 0 aromatic carbocycles. The van der Waals surface area contributed by atoms with Crippen molar-refractivity contribution in [1.82, 2.24) is 20.5 Å². The van der Waals surface area contributed by atoms with Crippen molar-refractivity contribution in [2.45, 2.75) is 39.5 Å². The second kappa shape index (κ2) is 7.10. The molecule has 0 unspecified atom stereocenters. The van der Waals surface area contributed by atoms with E-state index in [1.807, 2.05) is 13.8 Å². The molecule has 0 atom stereocenters. The molecule has 0 aliphatic rings. The zero-order chi connectivity index (χ0) is 13.4. The highest BCUT2D eigenvalue weighted by Crippen LogP contribution is 2.24. The first-order valence-electron chi connectivity index (χ1n) is 6.37. The predicted molar refractivity (Wildman–Crippen MR) is 67.8 cm³/mol. The maximum Gasteiger partial charge on any atom is 0.220 e. The van der Waals surface area contributed by atoms with Gasteiger partial charge in [-0.3, -0.25) is 9.89 Å². The number of hydrogen-bond acceptors (Lipinski definition) is 4. The van der Waals surface area contributed by atoms with Crippen LogP contribution in [0.2, 0.25) is 0 Å². The molecule has 1 amide bonds. The summed E-state index contributed by atoms with van der Waals surface area (Å²) in [7, 11) is 0. The molecule has 18 heavy (non-hydrogen) atoms. The van der Waals surface area contributed by atoms with Crippen LogP contribution in [0.4, 0.5) is 0 Å². The van der Waals surface area contributed by atoms with Gasteiger partial charge in [0.1, 0.15) is 12.2 Å². The topological polar surface area (TPSA) is 90.9 Å². The van der Waals surface area contributed by atoms with E-state index in [-0.39, 0.29) is 17.9 Å². The van der Waals surface area contributed by atoms with Gasteiger partial charge in [0, 0.05) is 24.8 Å². The smallest absolute Gasteiger partial charge is 0.220 e. The summed E-state index contributed by atoms with van der Waals surface area (Å²) in [6.45, 7) is 4.68. The highest BCUT2D eigenvalue weighted by Gasteiger charge is 2.25. The molecule has 102 valence electrons. The average molecular weight is 254 g/mol. The number of carbonyl (C=O) groups is 1. The van der Waals surface area contributed by atoms with Gasteiger partial charge >= 0.3 is 0 Å². The first-order valence-corrected chi connectivity index (χ1v) is 6.37. The second-order valence-electron chi connectivity index (χ2n) is 4.57. The van der Waals surface area contributed by atoms with Crippen LogP contribution in [0.3, 0.4) is 0 Å². The molecule has 6 heteroatoms. The fourth-order valence-corrected chi connectivity index (χ4v) is 1.74. The fraction of sp³-hybridized carbons (Fsp3) is 0.750. The van der Waals surface area contributed by atoms with Gasteiger partial charge in [-0.1, -0.05) is 13.8 Å². The van der Waals surface area contributed by atoms with Crippen molar-refractivity contribution in [2.24, 2.45) is 5.41 Å². The quantitative estimate of drug-likeness (QED) is 0.635. The molecule has 0 fully saturated rings. The molecule has 0 aliphatic heterocycles. The molecule has 0 radical (unpaired) electrons. The molecule has 6 nitrogen and oxygen atoms in total. The number of nitrogens with zero attached hydrogens (tertiary/aromatic N) is 2. The van der Waals surface area contributed by atoms with Crippen LogP contribution in [0.5, 0.6) is 0 Å². The Labute approximate surface area is 107 Å². The number of aliphatic hydroxyl groups is 1. The van der Waals surface area contributed by atoms with Crippen molar-refractivity contribution in [3.05, 3.63) is 12.2 Å². The van der Waals surface area contributed by atoms with Gasteiger partial charge in [-0.25, -0.2) is 4.98 Å². The zero-order valence-electron chi connectivity index (χ0n) is 11.1. The highest BCUT2D eigenvalue weighted by atomic mass is 16.3. The van der Waals surface area contributed by atoms with Gasteiger partial charge in [0.15, 0.2) is 0 Å². The molecule has 1 heterocycles. The van der Waals surface area contributed by atoms with Gasteiger partial charge in [-0.2, -0.15) is 5.10 Å². The third kappa shape index (κ3) is 4.10. The number of aryl methyl sites for hydroxylation is 1. The Morgan fingerprint density at radius 2 is 2.22 bits per heavy atom. The van der Waals surface area contributed by atoms with Crippen molar-refractivity contribution in [3.8, 4) is 0 Å². The third-order valence-electron chi connectivity index (χ3n) is 3.55. The Morgan fingerprint density at radius 1 is 1.50 bits per heavy atom. The summed E-state index contributed by atoms with van der Waals surface area (Å²) in [5.41, 5.74) is -0.193. The molecule has 3 N–H and O–H groups in total. The lowest BCUT2D eigenvalue weighted by molar-refractivity contribution is -0.121. The van der Waals surface area contributed by atoms with E-state index in [1.165, 1.54) is 6.33 Å². The molecule has 0 spiro atoms. The van der Waals surface area contributed by atoms with Gasteiger partial charge < -0.3 is 10.4 Å². The monoisotopic (exact) mass is 254 g/mol. The van der Waals surface area contributed by atoms with Crippen molar-refractivity contribution in [2.75, 3.05) is 13.2 Å². The van der Waals surface area contributed by atoms with Crippen LogP contribution in [0.15, 0.2) is 6.33 Å². The summed E-state index contributed by atoms with van der Waals surface area (Å²) in [6, 6.07) is 0. The second-order valence-corrected chi connectivity index (χ2v) is 4.57. The highest BCUT2D eigenvalue weighted by molar-refractivity contribution is 5.76. The maximum atomic E-state index is 11.7. The first kappa shape index (κ1) is 14.6. The number of nitrogens with one attached hydrogen (secondary N) is 2. The van der Waals surface area contributed by atoms with Gasteiger partial charge in [0.05, 0.1) is 6.61 Å². The van der Waals surface area contributed by atoms with E-state index in [9.17, 15) is 9.90 Å². The number of aliphatic hydroxyl groups excluding tert-OH is 1. The van der Waals surface area contributed by atoms with Crippen molar-refractivity contribution < 1.29 is 9.90 Å². The number of H-pyrrole nitrogens is 1. The van der Waals surface area contributed by atoms with Crippen molar-refractivity contribution in [3.63, 3.8) is 0 Å². The van der Waals surface area contributed by atoms with Gasteiger partial charge in [0.25, 0.3) is 0 Å². The van der Waals surface area contributed by atoms with Crippen LogP contribution in [0, 0.1) is 5.41 Å². The Hall–Kier alpha value is -1.43. The van der Waals surface area contributed by atoms with E-state index < -0.39 is 0 Å². The third-order valence-corrected chi connectivity index (χ3v) is 3.55. The van der Waals surface area contributed by atoms with Crippen LogP contribution in [-0.4, -0.2) is 39.3 Å². The Balaban J connectivity index is 2.32. The summed E-state index contributed by atoms with van der Waals surface area (Å²) in [5.74, 6) is 0.690. The standard InChI is InChI=1S/C12H22N4O2/c1-3-12(4-2,8-17)7-13-11(18)6-5-10-14-9-15-16-10/h9,17H,3-8H2,1-2H3,(H,13,18)(H,14,15,16). The van der Waals surface area contributed by atoms with Crippen LogP contribution in [0.25, 0.3) is 0 Å². The van der Waals surface area contributed by atoms with E-state index in [1.54, 1.807) is 0 Å². The van der Waals surface area contributed by atoms with E-state index in [2.05, 4.69) is 20.5 Å². The maximum absolute atomic E-state index is 11.7. The van der Waals surface area contributed by atoms with Gasteiger partial charge in [0.2, 0.25) is 5.91 Å². The first-order chi connectivity index (χ1) is 8.65. The van der Waals surface area contributed by atoms with Crippen molar-refractivity contribution in [1.29, 1.82) is 0 Å². The van der Waals surface area contributed by atoms with Crippen LogP contribution in [0.1, 0.15) is 38.9 Å². The number of hydrogen-bond donors (Lipinski definition) is 3. The molecule has 1 aromatic rings. The number of aromatic amines is 1. The zero-order valence-corrected chi connectivity index (χ0v) is 11.1. The molecule has 1 aromatic heterocycles. The SMILES string of the molecule is CCC(CC)(CO)CNC(=O)CCc1ncn[nH]1. The van der Waals surface area contributed by atoms with E-state index in [0.717, 1.165) is 12.8 Å². The van der Waals surface area contributed by atoms with E-state index in [4.69, 9.17) is 0 Å². The van der Waals surface area contributed by atoms with Crippen molar-refractivity contribution >= 4 is 5.91 Å². The minimum atomic E-state index is -0.193. The largest absolute Gasteiger partial charge is 0.396 e. The number of rotatable bonds is 8. The molecule has 0 aliphatic carbocycles. The summed E-state index contributed by atoms with van der Waals surface area (Å²) in [4.78, 5) is 15.6. The predicted octanol–water partition coefficient (Wildman–Crippen LogP) is 0.652. The molecule has 0 bridgehead atoms. The normalized spacial score (nSPS) is 11.5.